The van der Waals surface area contributed by atoms with E-state index in [1.54, 1.807) is 7.11 Å². The first kappa shape index (κ1) is 27.1. The molecular weight excluding hydrogens is 506 g/mol. The van der Waals surface area contributed by atoms with Crippen molar-refractivity contribution in [2.75, 3.05) is 51.4 Å². The van der Waals surface area contributed by atoms with Gasteiger partial charge in [0.1, 0.15) is 5.75 Å². The zero-order chi connectivity index (χ0) is 24.7. The van der Waals surface area contributed by atoms with E-state index in [-0.39, 0.29) is 18.3 Å². The summed E-state index contributed by atoms with van der Waals surface area (Å²) in [6.45, 7) is 4.98. The smallest absolute Gasteiger partial charge is 0.260 e. The van der Waals surface area contributed by atoms with Crippen molar-refractivity contribution >= 4 is 45.0 Å². The minimum Gasteiger partial charge on any atom is -0.497 e. The topological polar surface area (TPSA) is 54.9 Å². The van der Waals surface area contributed by atoms with Gasteiger partial charge in [-0.05, 0) is 54.3 Å². The predicted octanol–water partition coefficient (Wildman–Crippen LogP) is 5.69. The van der Waals surface area contributed by atoms with Gasteiger partial charge in [0.25, 0.3) is 5.91 Å². The fraction of sp³-hybridized carbons (Fsp3) is 0.310. The number of hydrogen-bond acceptors (Lipinski definition) is 6. The molecule has 1 aliphatic heterocycles. The number of fused-ring (bicyclic) bond motifs is 1. The lowest BCUT2D eigenvalue weighted by Crippen LogP contribution is -2.39. The highest BCUT2D eigenvalue weighted by Gasteiger charge is 2.22. The van der Waals surface area contributed by atoms with Crippen molar-refractivity contribution in [1.29, 1.82) is 0 Å². The lowest BCUT2D eigenvalue weighted by atomic mass is 10.0. The highest BCUT2D eigenvalue weighted by atomic mass is 35.5. The SMILES string of the molecule is COc1ccc2nc(N(CCCN3CCOCC3)C(=O)c3ccc(Cc4ccccc4)cc3)sc2c1.Cl. The zero-order valence-electron chi connectivity index (χ0n) is 21.0. The summed E-state index contributed by atoms with van der Waals surface area (Å²) in [5.41, 5.74) is 3.99. The Bertz CT molecular complexity index is 1290. The molecule has 3 aromatic carbocycles. The Morgan fingerprint density at radius 1 is 1.03 bits per heavy atom. The molecule has 6 nitrogen and oxygen atoms in total. The van der Waals surface area contributed by atoms with Crippen LogP contribution in [0.1, 0.15) is 27.9 Å². The van der Waals surface area contributed by atoms with Gasteiger partial charge in [0.15, 0.2) is 5.13 Å². The van der Waals surface area contributed by atoms with E-state index in [0.717, 1.165) is 66.8 Å². The molecule has 0 spiro atoms. The van der Waals surface area contributed by atoms with Gasteiger partial charge in [-0.25, -0.2) is 4.98 Å². The number of carbonyl (C=O) groups is 1. The van der Waals surface area contributed by atoms with Crippen LogP contribution in [0.2, 0.25) is 0 Å². The van der Waals surface area contributed by atoms with E-state index in [1.807, 2.05) is 41.3 Å². The van der Waals surface area contributed by atoms with Crippen LogP contribution in [-0.4, -0.2) is 62.3 Å². The molecule has 1 amide bonds. The number of ether oxygens (including phenoxy) is 2. The van der Waals surface area contributed by atoms with Gasteiger partial charge in [0.2, 0.25) is 0 Å². The average Bonchev–Trinajstić information content (AvgIpc) is 3.35. The van der Waals surface area contributed by atoms with Crippen LogP contribution < -0.4 is 9.64 Å². The monoisotopic (exact) mass is 537 g/mol. The normalized spacial score (nSPS) is 13.8. The van der Waals surface area contributed by atoms with Crippen molar-refractivity contribution in [1.82, 2.24) is 9.88 Å². The fourth-order valence-corrected chi connectivity index (χ4v) is 5.47. The molecule has 8 heteroatoms. The standard InChI is InChI=1S/C29H31N3O3S.ClH/c1-34-25-12-13-26-27(21-25)36-29(30-26)32(15-5-14-31-16-18-35-19-17-31)28(33)24-10-8-23(9-11-24)20-22-6-3-2-4-7-22;/h2-4,6-13,21H,5,14-20H2,1H3;1H. The largest absolute Gasteiger partial charge is 0.497 e. The second-order valence-corrected chi connectivity index (χ2v) is 9.96. The van der Waals surface area contributed by atoms with Crippen molar-refractivity contribution in [3.8, 4) is 5.75 Å². The van der Waals surface area contributed by atoms with Crippen LogP contribution in [0.15, 0.2) is 72.8 Å². The minimum atomic E-state index is -0.0192. The molecule has 1 aliphatic rings. The average molecular weight is 538 g/mol. The van der Waals surface area contributed by atoms with Crippen LogP contribution >= 0.6 is 23.7 Å². The van der Waals surface area contributed by atoms with Gasteiger partial charge in [-0.3, -0.25) is 14.6 Å². The molecule has 0 aliphatic carbocycles. The third-order valence-corrected chi connectivity index (χ3v) is 7.51. The summed E-state index contributed by atoms with van der Waals surface area (Å²) in [6, 6.07) is 24.2. The van der Waals surface area contributed by atoms with Crippen LogP contribution in [0.5, 0.6) is 5.75 Å². The zero-order valence-corrected chi connectivity index (χ0v) is 22.6. The van der Waals surface area contributed by atoms with Crippen LogP contribution in [0.25, 0.3) is 10.2 Å². The van der Waals surface area contributed by atoms with Crippen molar-refractivity contribution in [2.24, 2.45) is 0 Å². The van der Waals surface area contributed by atoms with Crippen LogP contribution in [0.4, 0.5) is 5.13 Å². The van der Waals surface area contributed by atoms with Crippen LogP contribution in [-0.2, 0) is 11.2 Å². The summed E-state index contributed by atoms with van der Waals surface area (Å²) in [4.78, 5) is 22.8. The number of anilines is 1. The third kappa shape index (κ3) is 6.87. The molecule has 0 atom stereocenters. The number of thiazole rings is 1. The van der Waals surface area contributed by atoms with Gasteiger partial charge >= 0.3 is 0 Å². The van der Waals surface area contributed by atoms with E-state index in [9.17, 15) is 4.79 Å². The number of benzene rings is 3. The first-order chi connectivity index (χ1) is 17.7. The molecule has 0 unspecified atom stereocenters. The molecule has 0 saturated carbocycles. The molecule has 1 saturated heterocycles. The van der Waals surface area contributed by atoms with Crippen LogP contribution in [0.3, 0.4) is 0 Å². The van der Waals surface area contributed by atoms with E-state index < -0.39 is 0 Å². The number of methoxy groups -OCH3 is 1. The lowest BCUT2D eigenvalue weighted by Gasteiger charge is -2.27. The lowest BCUT2D eigenvalue weighted by molar-refractivity contribution is 0.0376. The Balaban J connectivity index is 0.00000320. The fourth-order valence-electron chi connectivity index (χ4n) is 4.45. The molecule has 0 N–H and O–H groups in total. The molecular formula is C29H32ClN3O3S. The van der Waals surface area contributed by atoms with Crippen molar-refractivity contribution in [3.05, 3.63) is 89.5 Å². The van der Waals surface area contributed by atoms with E-state index >= 15 is 0 Å². The molecule has 0 radical (unpaired) electrons. The van der Waals surface area contributed by atoms with E-state index in [4.69, 9.17) is 14.5 Å². The van der Waals surface area contributed by atoms with Gasteiger partial charge in [-0.2, -0.15) is 0 Å². The first-order valence-electron chi connectivity index (χ1n) is 12.4. The number of hydrogen-bond donors (Lipinski definition) is 0. The van der Waals surface area contributed by atoms with Gasteiger partial charge in [0.05, 0.1) is 30.5 Å². The summed E-state index contributed by atoms with van der Waals surface area (Å²) < 4.78 is 11.9. The molecule has 2 heterocycles. The summed E-state index contributed by atoms with van der Waals surface area (Å²) in [7, 11) is 1.66. The number of aromatic nitrogens is 1. The molecule has 194 valence electrons. The predicted molar refractivity (Wildman–Crippen MR) is 153 cm³/mol. The number of morpholine rings is 1. The summed E-state index contributed by atoms with van der Waals surface area (Å²) in [6.07, 6.45) is 1.72. The Labute approximate surface area is 228 Å². The number of halogens is 1. The second kappa shape index (κ2) is 13.0. The Morgan fingerprint density at radius 2 is 1.76 bits per heavy atom. The molecule has 0 bridgehead atoms. The maximum Gasteiger partial charge on any atom is 0.260 e. The van der Waals surface area contributed by atoms with Crippen molar-refractivity contribution in [3.63, 3.8) is 0 Å². The van der Waals surface area contributed by atoms with Gasteiger partial charge < -0.3 is 9.47 Å². The van der Waals surface area contributed by atoms with E-state index in [2.05, 4.69) is 41.3 Å². The number of rotatable bonds is 9. The summed E-state index contributed by atoms with van der Waals surface area (Å²) in [5, 5.41) is 0.721. The first-order valence-corrected chi connectivity index (χ1v) is 13.2. The Morgan fingerprint density at radius 3 is 2.49 bits per heavy atom. The molecule has 37 heavy (non-hydrogen) atoms. The third-order valence-electron chi connectivity index (χ3n) is 6.47. The number of carbonyl (C=O) groups excluding carboxylic acids is 1. The molecule has 5 rings (SSSR count). The number of nitrogens with zero attached hydrogens (tertiary/aromatic N) is 3. The van der Waals surface area contributed by atoms with E-state index in [1.165, 1.54) is 22.5 Å². The van der Waals surface area contributed by atoms with Gasteiger partial charge in [-0.1, -0.05) is 53.8 Å². The number of amides is 1. The maximum atomic E-state index is 13.7. The maximum absolute atomic E-state index is 13.7. The highest BCUT2D eigenvalue weighted by molar-refractivity contribution is 7.22. The van der Waals surface area contributed by atoms with Gasteiger partial charge in [0, 0.05) is 31.7 Å². The second-order valence-electron chi connectivity index (χ2n) is 8.95. The summed E-state index contributed by atoms with van der Waals surface area (Å²) in [5.74, 6) is 0.770. The van der Waals surface area contributed by atoms with Crippen molar-refractivity contribution in [2.45, 2.75) is 12.8 Å². The minimum absolute atomic E-state index is 0. The van der Waals surface area contributed by atoms with Crippen molar-refractivity contribution < 1.29 is 14.3 Å². The molecule has 4 aromatic rings. The van der Waals surface area contributed by atoms with Crippen LogP contribution in [0, 0.1) is 0 Å². The van der Waals surface area contributed by atoms with Gasteiger partial charge in [-0.15, -0.1) is 12.4 Å². The van der Waals surface area contributed by atoms with E-state index in [0.29, 0.717) is 12.1 Å². The Hall–Kier alpha value is -2.97. The molecule has 1 fully saturated rings. The molecule has 1 aromatic heterocycles. The quantitative estimate of drug-likeness (QED) is 0.275. The highest BCUT2D eigenvalue weighted by Crippen LogP contribution is 2.32. The summed E-state index contributed by atoms with van der Waals surface area (Å²) >= 11 is 1.53. The Kier molecular flexibility index (Phi) is 9.52.